The molecule has 0 saturated heterocycles. The fourth-order valence-corrected chi connectivity index (χ4v) is 2.96. The van der Waals surface area contributed by atoms with E-state index < -0.39 is 5.97 Å². The van der Waals surface area contributed by atoms with Crippen LogP contribution in [-0.4, -0.2) is 13.1 Å². The van der Waals surface area contributed by atoms with E-state index in [1.807, 2.05) is 24.3 Å². The van der Waals surface area contributed by atoms with Gasteiger partial charge in [-0.15, -0.1) is 0 Å². The van der Waals surface area contributed by atoms with Crippen LogP contribution in [0.4, 0.5) is 0 Å². The number of nitriles is 1. The van der Waals surface area contributed by atoms with Gasteiger partial charge in [0, 0.05) is 5.56 Å². The number of esters is 1. The highest BCUT2D eigenvalue weighted by Crippen LogP contribution is 2.28. The van der Waals surface area contributed by atoms with Gasteiger partial charge < -0.3 is 9.47 Å². The molecule has 0 fully saturated rings. The second kappa shape index (κ2) is 9.29. The van der Waals surface area contributed by atoms with Crippen molar-refractivity contribution in [3.05, 3.63) is 93.5 Å². The molecule has 144 valence electrons. The fourth-order valence-electron chi connectivity index (χ4n) is 2.66. The van der Waals surface area contributed by atoms with Crippen LogP contribution in [0.2, 0.25) is 10.0 Å². The molecule has 0 saturated carbocycles. The lowest BCUT2D eigenvalue weighted by Crippen LogP contribution is -2.08. The number of allylic oxidation sites excluding steroid dienone is 1. The van der Waals surface area contributed by atoms with Gasteiger partial charge in [0.2, 0.25) is 0 Å². The molecule has 0 radical (unpaired) electrons. The van der Waals surface area contributed by atoms with Crippen molar-refractivity contribution in [3.63, 3.8) is 0 Å². The Kier molecular flexibility index (Phi) is 6.56. The monoisotopic (exact) mass is 423 g/mol. The smallest absolute Gasteiger partial charge is 0.343 e. The highest BCUT2D eigenvalue weighted by Gasteiger charge is 2.12. The van der Waals surface area contributed by atoms with E-state index in [-0.39, 0.29) is 10.6 Å². The topological polar surface area (TPSA) is 59.3 Å². The van der Waals surface area contributed by atoms with Crippen molar-refractivity contribution in [1.82, 2.24) is 0 Å². The maximum atomic E-state index is 12.4. The minimum absolute atomic E-state index is 0.272. The summed E-state index contributed by atoms with van der Waals surface area (Å²) < 4.78 is 10.8. The van der Waals surface area contributed by atoms with Crippen LogP contribution in [-0.2, 0) is 0 Å². The van der Waals surface area contributed by atoms with Crippen molar-refractivity contribution in [1.29, 1.82) is 5.26 Å². The van der Waals surface area contributed by atoms with Crippen molar-refractivity contribution >= 4 is 40.8 Å². The highest BCUT2D eigenvalue weighted by atomic mass is 35.5. The molecule has 29 heavy (non-hydrogen) atoms. The quantitative estimate of drug-likeness (QED) is 0.209. The third kappa shape index (κ3) is 4.97. The molecule has 0 N–H and O–H groups in total. The van der Waals surface area contributed by atoms with E-state index in [2.05, 4.69) is 6.07 Å². The van der Waals surface area contributed by atoms with Crippen molar-refractivity contribution in [2.45, 2.75) is 0 Å². The van der Waals surface area contributed by atoms with Gasteiger partial charge in [0.05, 0.1) is 34.4 Å². The summed E-state index contributed by atoms with van der Waals surface area (Å²) in [4.78, 5) is 12.4. The zero-order valence-corrected chi connectivity index (χ0v) is 16.9. The molecule has 0 aliphatic carbocycles. The van der Waals surface area contributed by atoms with E-state index >= 15 is 0 Å². The highest BCUT2D eigenvalue weighted by molar-refractivity contribution is 6.42. The summed E-state index contributed by atoms with van der Waals surface area (Å²) in [6.45, 7) is 0. The van der Waals surface area contributed by atoms with Gasteiger partial charge in [0.25, 0.3) is 0 Å². The van der Waals surface area contributed by atoms with Gasteiger partial charge in [-0.25, -0.2) is 4.79 Å². The number of benzene rings is 3. The molecule has 3 rings (SSSR count). The Balaban J connectivity index is 1.87. The maximum absolute atomic E-state index is 12.4. The van der Waals surface area contributed by atoms with E-state index in [1.165, 1.54) is 18.2 Å². The molecule has 3 aromatic carbocycles. The van der Waals surface area contributed by atoms with Crippen LogP contribution in [0.15, 0.2) is 66.7 Å². The fraction of sp³-hybridized carbons (Fsp3) is 0.0435. The first-order valence-corrected chi connectivity index (χ1v) is 9.30. The summed E-state index contributed by atoms with van der Waals surface area (Å²) >= 11 is 11.8. The van der Waals surface area contributed by atoms with Gasteiger partial charge in [-0.2, -0.15) is 5.26 Å². The molecule has 0 unspecified atom stereocenters. The van der Waals surface area contributed by atoms with Crippen molar-refractivity contribution in [2.24, 2.45) is 0 Å². The van der Waals surface area contributed by atoms with E-state index in [0.717, 1.165) is 0 Å². The summed E-state index contributed by atoms with van der Waals surface area (Å²) in [5.74, 6) is 0.379. The molecule has 6 heteroatoms. The van der Waals surface area contributed by atoms with E-state index in [9.17, 15) is 10.1 Å². The van der Waals surface area contributed by atoms with Crippen LogP contribution in [0.1, 0.15) is 21.5 Å². The van der Waals surface area contributed by atoms with Gasteiger partial charge >= 0.3 is 5.97 Å². The molecular formula is C23H15Cl2NO3. The Bertz CT molecular complexity index is 1130. The summed E-state index contributed by atoms with van der Waals surface area (Å²) in [5.41, 5.74) is 2.09. The molecule has 0 aliphatic rings. The molecule has 0 spiro atoms. The van der Waals surface area contributed by atoms with Gasteiger partial charge in [0.15, 0.2) is 0 Å². The van der Waals surface area contributed by atoms with Crippen molar-refractivity contribution in [3.8, 4) is 17.6 Å². The third-order valence-electron chi connectivity index (χ3n) is 4.05. The largest absolute Gasteiger partial charge is 0.496 e. The zero-order chi connectivity index (χ0) is 20.8. The number of hydrogen-bond acceptors (Lipinski definition) is 4. The third-order valence-corrected chi connectivity index (χ3v) is 4.79. The molecule has 0 atom stereocenters. The number of carbonyl (C=O) groups is 1. The number of para-hydroxylation sites is 1. The number of carbonyl (C=O) groups excluding carboxylic acids is 1. The van der Waals surface area contributed by atoms with Crippen molar-refractivity contribution < 1.29 is 14.3 Å². The minimum Gasteiger partial charge on any atom is -0.496 e. The second-order valence-electron chi connectivity index (χ2n) is 5.96. The number of ether oxygens (including phenoxy) is 2. The maximum Gasteiger partial charge on any atom is 0.343 e. The zero-order valence-electron chi connectivity index (χ0n) is 15.4. The first kappa shape index (κ1) is 20.5. The normalized spacial score (nSPS) is 10.9. The van der Waals surface area contributed by atoms with E-state index in [4.69, 9.17) is 32.7 Å². The van der Waals surface area contributed by atoms with Gasteiger partial charge in [-0.3, -0.25) is 0 Å². The van der Waals surface area contributed by atoms with E-state index in [0.29, 0.717) is 33.2 Å². The van der Waals surface area contributed by atoms with Crippen LogP contribution in [0.5, 0.6) is 11.5 Å². The molecule has 0 heterocycles. The number of halogens is 2. The standard InChI is InChI=1S/C23H15Cl2NO3/c1-28-22-8-3-2-7-19(22)17(14-26)11-15-5-4-6-18(12-15)29-23(27)16-9-10-20(24)21(25)13-16/h2-13H,1H3/b17-11-. The minimum atomic E-state index is -0.560. The average Bonchev–Trinajstić information content (AvgIpc) is 2.74. The Hall–Kier alpha value is -3.26. The molecular weight excluding hydrogens is 409 g/mol. The number of hydrogen-bond donors (Lipinski definition) is 0. The Labute approximate surface area is 178 Å². The number of nitrogens with zero attached hydrogens (tertiary/aromatic N) is 1. The molecule has 3 aromatic rings. The molecule has 0 aromatic heterocycles. The lowest BCUT2D eigenvalue weighted by molar-refractivity contribution is 0.0735. The summed E-state index contributed by atoms with van der Waals surface area (Å²) in [7, 11) is 1.55. The summed E-state index contributed by atoms with van der Waals surface area (Å²) in [6.07, 6.45) is 1.70. The first-order valence-electron chi connectivity index (χ1n) is 8.54. The molecule has 4 nitrogen and oxygen atoms in total. The Morgan fingerprint density at radius 3 is 2.52 bits per heavy atom. The summed E-state index contributed by atoms with van der Waals surface area (Å²) in [5, 5.41) is 10.2. The lowest BCUT2D eigenvalue weighted by atomic mass is 10.0. The van der Waals surface area contributed by atoms with Crippen LogP contribution in [0, 0.1) is 11.3 Å². The number of rotatable bonds is 5. The lowest BCUT2D eigenvalue weighted by Gasteiger charge is -2.08. The SMILES string of the molecule is COc1ccccc1/C(C#N)=C\c1cccc(OC(=O)c2ccc(Cl)c(Cl)c2)c1. The Morgan fingerprint density at radius 2 is 1.79 bits per heavy atom. The Morgan fingerprint density at radius 1 is 1.00 bits per heavy atom. The van der Waals surface area contributed by atoms with Crippen LogP contribution < -0.4 is 9.47 Å². The van der Waals surface area contributed by atoms with Crippen molar-refractivity contribution in [2.75, 3.05) is 7.11 Å². The van der Waals surface area contributed by atoms with Gasteiger partial charge in [-0.1, -0.05) is 47.5 Å². The van der Waals surface area contributed by atoms with Crippen LogP contribution in [0.3, 0.4) is 0 Å². The molecule has 0 amide bonds. The van der Waals surface area contributed by atoms with Gasteiger partial charge in [0.1, 0.15) is 11.5 Å². The predicted octanol–water partition coefficient (Wildman–Crippen LogP) is 6.29. The number of methoxy groups -OCH3 is 1. The first-order chi connectivity index (χ1) is 14.0. The van der Waals surface area contributed by atoms with E-state index in [1.54, 1.807) is 37.5 Å². The molecule has 0 aliphatic heterocycles. The van der Waals surface area contributed by atoms with Crippen LogP contribution in [0.25, 0.3) is 11.6 Å². The van der Waals surface area contributed by atoms with Crippen LogP contribution >= 0.6 is 23.2 Å². The van der Waals surface area contributed by atoms with Gasteiger partial charge in [-0.05, 0) is 54.1 Å². The average molecular weight is 424 g/mol. The predicted molar refractivity (Wildman–Crippen MR) is 114 cm³/mol. The molecule has 0 bridgehead atoms. The summed E-state index contributed by atoms with van der Waals surface area (Å²) in [6, 6.07) is 20.8. The second-order valence-corrected chi connectivity index (χ2v) is 6.78.